The molecule has 0 heterocycles. The molecule has 0 aliphatic heterocycles. The summed E-state index contributed by atoms with van der Waals surface area (Å²) >= 11 is 0. The Morgan fingerprint density at radius 3 is 1.57 bits per heavy atom. The van der Waals surface area contributed by atoms with Crippen LogP contribution in [-0.4, -0.2) is 10.3 Å². The summed E-state index contributed by atoms with van der Waals surface area (Å²) in [5, 5.41) is 2.27. The van der Waals surface area contributed by atoms with Gasteiger partial charge in [0, 0.05) is 0 Å². The van der Waals surface area contributed by atoms with Gasteiger partial charge >= 0.3 is 0 Å². The molecule has 0 aromatic heterocycles. The van der Waals surface area contributed by atoms with Crippen LogP contribution in [0.5, 0.6) is 0 Å². The Hall–Kier alpha value is 0.170. The minimum Gasteiger partial charge on any atom is -0.0953 e. The molecule has 0 nitrogen and oxygen atoms in total. The van der Waals surface area contributed by atoms with Gasteiger partial charge in [0.2, 0.25) is 0 Å². The third kappa shape index (κ3) is 4.13. The van der Waals surface area contributed by atoms with Crippen molar-refractivity contribution in [2.45, 2.75) is 71.6 Å². The number of hydrogen-bond donors (Lipinski definition) is 0. The van der Waals surface area contributed by atoms with Crippen molar-refractivity contribution < 1.29 is 0 Å². The summed E-state index contributed by atoms with van der Waals surface area (Å²) in [7, 11) is -0.104. The topological polar surface area (TPSA) is 0 Å². The Bertz CT molecular complexity index is 176. The molecule has 1 heteroatoms. The van der Waals surface area contributed by atoms with E-state index < -0.39 is 0 Å². The lowest BCUT2D eigenvalue weighted by Crippen LogP contribution is -2.25. The molecule has 0 N–H and O–H groups in total. The summed E-state index contributed by atoms with van der Waals surface area (Å²) in [6.07, 6.45) is 2.42. The Morgan fingerprint density at radius 2 is 1.36 bits per heavy atom. The molecule has 0 amide bonds. The molecule has 0 saturated carbocycles. The van der Waals surface area contributed by atoms with E-state index in [1.165, 1.54) is 18.2 Å². The summed E-state index contributed by atoms with van der Waals surface area (Å²) in [4.78, 5) is 0. The minimum atomic E-state index is -0.104. The van der Waals surface area contributed by atoms with Crippen LogP contribution in [0.15, 0.2) is 11.9 Å². The van der Waals surface area contributed by atoms with Crippen LogP contribution in [0.1, 0.15) is 61.3 Å². The first-order chi connectivity index (χ1) is 6.10. The molecule has 0 aliphatic carbocycles. The predicted molar refractivity (Wildman–Crippen MR) is 70.5 cm³/mol. The molecule has 0 aliphatic rings. The quantitative estimate of drug-likeness (QED) is 0.553. The van der Waals surface area contributed by atoms with Gasteiger partial charge in [0.25, 0.3) is 0 Å². The second-order valence-corrected chi connectivity index (χ2v) is 9.98. The molecule has 0 atom stereocenters. The van der Waals surface area contributed by atoms with Crippen LogP contribution < -0.4 is 0 Å². The molecule has 0 fully saturated rings. The molecule has 0 aromatic carbocycles. The van der Waals surface area contributed by atoms with Crippen LogP contribution in [0.25, 0.3) is 0 Å². The normalized spacial score (nSPS) is 13.4. The number of allylic oxidation sites excluding steroid dienone is 1. The average molecular weight is 214 g/mol. The van der Waals surface area contributed by atoms with Gasteiger partial charge in [-0.25, -0.2) is 0 Å². The highest BCUT2D eigenvalue weighted by Crippen LogP contribution is 2.65. The Kier molecular flexibility index (Phi) is 4.85. The Labute approximate surface area is 91.9 Å². The third-order valence-corrected chi connectivity index (χ3v) is 5.74. The van der Waals surface area contributed by atoms with Crippen molar-refractivity contribution in [1.82, 2.24) is 0 Å². The van der Waals surface area contributed by atoms with Gasteiger partial charge < -0.3 is 0 Å². The first kappa shape index (κ1) is 14.2. The monoisotopic (exact) mass is 214 g/mol. The van der Waals surface area contributed by atoms with Crippen LogP contribution in [-0.2, 0) is 0 Å². The van der Waals surface area contributed by atoms with E-state index in [1.807, 2.05) is 0 Å². The smallest absolute Gasteiger partial charge is 0.0138 e. The van der Waals surface area contributed by atoms with E-state index in [1.54, 1.807) is 0 Å². The molecule has 0 bridgehead atoms. The summed E-state index contributed by atoms with van der Waals surface area (Å²) < 4.78 is 0. The zero-order chi connectivity index (χ0) is 11.6. The highest BCUT2D eigenvalue weighted by atomic mass is 31.1. The largest absolute Gasteiger partial charge is 0.0953 e. The molecular formula is C13H27P. The second kappa shape index (κ2) is 4.79. The lowest BCUT2D eigenvalue weighted by molar-refractivity contribution is 0.707. The zero-order valence-electron chi connectivity index (χ0n) is 11.1. The van der Waals surface area contributed by atoms with Crippen molar-refractivity contribution in [3.63, 3.8) is 0 Å². The molecule has 0 rings (SSSR count). The van der Waals surface area contributed by atoms with E-state index in [0.717, 1.165) is 0 Å². The van der Waals surface area contributed by atoms with E-state index >= 15 is 0 Å². The molecule has 0 radical (unpaired) electrons. The van der Waals surface area contributed by atoms with Gasteiger partial charge in [-0.15, -0.1) is 0 Å². The molecule has 0 aromatic rings. The van der Waals surface area contributed by atoms with Gasteiger partial charge in [0.05, 0.1) is 0 Å². The highest BCUT2D eigenvalue weighted by Gasteiger charge is 2.35. The summed E-state index contributed by atoms with van der Waals surface area (Å²) in [6.45, 7) is 20.7. The van der Waals surface area contributed by atoms with E-state index in [9.17, 15) is 0 Å². The fourth-order valence-electron chi connectivity index (χ4n) is 2.36. The lowest BCUT2D eigenvalue weighted by Gasteiger charge is -2.42. The summed E-state index contributed by atoms with van der Waals surface area (Å²) in [6, 6.07) is 0. The van der Waals surface area contributed by atoms with Crippen molar-refractivity contribution >= 4 is 7.92 Å². The zero-order valence-corrected chi connectivity index (χ0v) is 12.0. The summed E-state index contributed by atoms with van der Waals surface area (Å²) in [5.74, 6) is 0. The average Bonchev–Trinajstić information content (AvgIpc) is 1.78. The molecular weight excluding hydrogens is 187 g/mol. The van der Waals surface area contributed by atoms with E-state index in [0.29, 0.717) is 10.3 Å². The van der Waals surface area contributed by atoms with Crippen LogP contribution in [0.4, 0.5) is 0 Å². The van der Waals surface area contributed by atoms with Crippen molar-refractivity contribution in [3.05, 3.63) is 11.9 Å². The number of hydrogen-bond acceptors (Lipinski definition) is 0. The minimum absolute atomic E-state index is 0.104. The molecule has 0 unspecified atom stereocenters. The van der Waals surface area contributed by atoms with Crippen LogP contribution in [0.3, 0.4) is 0 Å². The Morgan fingerprint density at radius 1 is 1.00 bits per heavy atom. The molecule has 0 saturated heterocycles. The standard InChI is InChI=1S/C13H27P/c1-9-10-11(2)14(12(3,4)5)13(6,7)8/h2,9-10H2,1,3-8H3. The Balaban J connectivity index is 4.84. The maximum Gasteiger partial charge on any atom is -0.0138 e. The fraction of sp³-hybridized carbons (Fsp3) is 0.846. The lowest BCUT2D eigenvalue weighted by atomic mass is 10.2. The van der Waals surface area contributed by atoms with E-state index in [2.05, 4.69) is 55.0 Å². The van der Waals surface area contributed by atoms with E-state index in [4.69, 9.17) is 0 Å². The van der Waals surface area contributed by atoms with Crippen LogP contribution in [0.2, 0.25) is 0 Å². The van der Waals surface area contributed by atoms with Crippen molar-refractivity contribution in [1.29, 1.82) is 0 Å². The molecule has 0 spiro atoms. The predicted octanol–water partition coefficient (Wildman–Crippen LogP) is 5.38. The van der Waals surface area contributed by atoms with Gasteiger partial charge in [0.15, 0.2) is 0 Å². The van der Waals surface area contributed by atoms with Gasteiger partial charge in [-0.2, -0.15) is 0 Å². The van der Waals surface area contributed by atoms with Crippen molar-refractivity contribution in [3.8, 4) is 0 Å². The second-order valence-electron chi connectivity index (χ2n) is 5.99. The van der Waals surface area contributed by atoms with Crippen molar-refractivity contribution in [2.75, 3.05) is 0 Å². The van der Waals surface area contributed by atoms with Gasteiger partial charge in [-0.05, 0) is 16.7 Å². The number of rotatable bonds is 3. The third-order valence-electron chi connectivity index (χ3n) is 2.20. The van der Waals surface area contributed by atoms with E-state index in [-0.39, 0.29) is 7.92 Å². The highest BCUT2D eigenvalue weighted by molar-refractivity contribution is 7.65. The van der Waals surface area contributed by atoms with Gasteiger partial charge in [0.1, 0.15) is 0 Å². The molecule has 84 valence electrons. The maximum atomic E-state index is 4.31. The van der Waals surface area contributed by atoms with Crippen LogP contribution >= 0.6 is 7.92 Å². The van der Waals surface area contributed by atoms with Gasteiger partial charge in [-0.1, -0.05) is 74.7 Å². The molecule has 14 heavy (non-hydrogen) atoms. The first-order valence-corrected chi connectivity index (χ1v) is 6.93. The fourth-order valence-corrected chi connectivity index (χ4v) is 6.71. The SMILES string of the molecule is C=C(CCC)P(C(C)(C)C)C(C)(C)C. The first-order valence-electron chi connectivity index (χ1n) is 5.59. The van der Waals surface area contributed by atoms with Crippen LogP contribution in [0, 0.1) is 0 Å². The maximum absolute atomic E-state index is 4.31. The van der Waals surface area contributed by atoms with Crippen molar-refractivity contribution in [2.24, 2.45) is 0 Å². The summed E-state index contributed by atoms with van der Waals surface area (Å²) in [5.41, 5.74) is 0. The van der Waals surface area contributed by atoms with Gasteiger partial charge in [-0.3, -0.25) is 0 Å².